The van der Waals surface area contributed by atoms with Crippen LogP contribution in [0.2, 0.25) is 0 Å². The molecule has 0 fully saturated rings. The van der Waals surface area contributed by atoms with Gasteiger partial charge in [-0.3, -0.25) is 4.79 Å². The average molecular weight is 205 g/mol. The highest BCUT2D eigenvalue weighted by Gasteiger charge is 2.18. The predicted molar refractivity (Wildman–Crippen MR) is 42.7 cm³/mol. The van der Waals surface area contributed by atoms with Gasteiger partial charge in [0, 0.05) is 13.3 Å². The lowest BCUT2D eigenvalue weighted by Crippen LogP contribution is -2.33. The molecular formula is C7H11NO6. The van der Waals surface area contributed by atoms with Crippen LogP contribution in [-0.4, -0.2) is 29.1 Å². The molecule has 0 aliphatic carbocycles. The molecular weight excluding hydrogens is 194 g/mol. The van der Waals surface area contributed by atoms with Gasteiger partial charge in [0.1, 0.15) is 6.04 Å². The normalized spacial score (nSPS) is 11.6. The van der Waals surface area contributed by atoms with E-state index in [9.17, 15) is 14.4 Å². The van der Waals surface area contributed by atoms with E-state index in [0.717, 1.165) is 6.92 Å². The summed E-state index contributed by atoms with van der Waals surface area (Å²) in [5.41, 5.74) is 5.22. The van der Waals surface area contributed by atoms with E-state index in [1.54, 1.807) is 0 Å². The topological polar surface area (TPSA) is 116 Å². The minimum absolute atomic E-state index is 0.0740. The summed E-state index contributed by atoms with van der Waals surface area (Å²) in [7, 11) is 0. The van der Waals surface area contributed by atoms with Crippen molar-refractivity contribution in [1.29, 1.82) is 0 Å². The maximum absolute atomic E-state index is 10.8. The largest absolute Gasteiger partial charge is 0.481 e. The van der Waals surface area contributed by atoms with E-state index in [-0.39, 0.29) is 12.8 Å². The van der Waals surface area contributed by atoms with Crippen LogP contribution < -0.4 is 5.73 Å². The summed E-state index contributed by atoms with van der Waals surface area (Å²) in [5.74, 6) is -2.83. The summed E-state index contributed by atoms with van der Waals surface area (Å²) in [6.07, 6.45) is -0.328. The molecule has 0 aliphatic rings. The summed E-state index contributed by atoms with van der Waals surface area (Å²) >= 11 is 0. The van der Waals surface area contributed by atoms with Crippen LogP contribution in [0.4, 0.5) is 0 Å². The zero-order valence-corrected chi connectivity index (χ0v) is 7.56. The lowest BCUT2D eigenvalue weighted by Gasteiger charge is -2.06. The maximum Gasteiger partial charge on any atom is 0.372 e. The van der Waals surface area contributed by atoms with Gasteiger partial charge in [-0.05, 0) is 6.42 Å². The van der Waals surface area contributed by atoms with Gasteiger partial charge in [0.05, 0.1) is 0 Å². The molecule has 7 heteroatoms. The molecule has 1 unspecified atom stereocenters. The van der Waals surface area contributed by atoms with Gasteiger partial charge in [0.2, 0.25) is 0 Å². The number of hydrogen-bond donors (Lipinski definition) is 2. The molecule has 0 radical (unpaired) electrons. The standard InChI is InChI=1S/C7H11NO6/c1-4(9)13-14-7(12)5(8)2-3-6(10)11/h5H,2-3,8H2,1H3,(H,10,11). The van der Waals surface area contributed by atoms with Gasteiger partial charge in [-0.1, -0.05) is 0 Å². The second-order valence-corrected chi connectivity index (χ2v) is 2.52. The third-order valence-corrected chi connectivity index (χ3v) is 1.21. The first-order valence-electron chi connectivity index (χ1n) is 3.79. The molecule has 0 aromatic rings. The Hall–Kier alpha value is -1.63. The second-order valence-electron chi connectivity index (χ2n) is 2.52. The minimum atomic E-state index is -1.11. The van der Waals surface area contributed by atoms with E-state index in [1.165, 1.54) is 0 Å². The highest BCUT2D eigenvalue weighted by Crippen LogP contribution is 1.97. The Morgan fingerprint density at radius 3 is 2.36 bits per heavy atom. The molecule has 0 aromatic heterocycles. The number of carboxylic acids is 1. The van der Waals surface area contributed by atoms with Crippen LogP contribution in [0.5, 0.6) is 0 Å². The van der Waals surface area contributed by atoms with E-state index in [2.05, 4.69) is 9.78 Å². The molecule has 80 valence electrons. The Balaban J connectivity index is 3.76. The molecule has 0 bridgehead atoms. The smallest absolute Gasteiger partial charge is 0.372 e. The molecule has 0 aromatic carbocycles. The Bertz CT molecular complexity index is 238. The van der Waals surface area contributed by atoms with E-state index in [1.807, 2.05) is 0 Å². The Kier molecular flexibility index (Phi) is 5.23. The van der Waals surface area contributed by atoms with E-state index >= 15 is 0 Å². The monoisotopic (exact) mass is 205 g/mol. The second kappa shape index (κ2) is 5.92. The maximum atomic E-state index is 10.8. The number of carboxylic acid groups (broad SMARTS) is 1. The van der Waals surface area contributed by atoms with Crippen LogP contribution in [0, 0.1) is 0 Å². The SMILES string of the molecule is CC(=O)OOC(=O)C(N)CCC(=O)O. The zero-order valence-electron chi connectivity index (χ0n) is 7.56. The van der Waals surface area contributed by atoms with Crippen molar-refractivity contribution in [2.24, 2.45) is 5.73 Å². The van der Waals surface area contributed by atoms with Crippen LogP contribution in [0.3, 0.4) is 0 Å². The van der Waals surface area contributed by atoms with Crippen molar-refractivity contribution in [3.8, 4) is 0 Å². The van der Waals surface area contributed by atoms with Crippen LogP contribution in [0.15, 0.2) is 0 Å². The summed E-state index contributed by atoms with van der Waals surface area (Å²) in [6, 6.07) is -1.11. The Morgan fingerprint density at radius 2 is 1.93 bits per heavy atom. The molecule has 0 rings (SSSR count). The fourth-order valence-corrected chi connectivity index (χ4v) is 0.558. The zero-order chi connectivity index (χ0) is 11.1. The molecule has 0 spiro atoms. The molecule has 0 heterocycles. The van der Waals surface area contributed by atoms with Crippen molar-refractivity contribution < 1.29 is 29.3 Å². The van der Waals surface area contributed by atoms with Gasteiger partial charge in [-0.25, -0.2) is 19.4 Å². The van der Waals surface area contributed by atoms with Crippen LogP contribution in [-0.2, 0) is 24.2 Å². The predicted octanol–water partition coefficient (Wildman–Crippen LogP) is -0.800. The highest BCUT2D eigenvalue weighted by atomic mass is 17.2. The average Bonchev–Trinajstić information content (AvgIpc) is 2.09. The van der Waals surface area contributed by atoms with Gasteiger partial charge in [0.15, 0.2) is 0 Å². The lowest BCUT2D eigenvalue weighted by atomic mass is 10.2. The summed E-state index contributed by atoms with van der Waals surface area (Å²) in [4.78, 5) is 39.1. The van der Waals surface area contributed by atoms with Crippen molar-refractivity contribution in [3.05, 3.63) is 0 Å². The first-order valence-corrected chi connectivity index (χ1v) is 3.79. The summed E-state index contributed by atoms with van der Waals surface area (Å²) in [6.45, 7) is 1.05. The van der Waals surface area contributed by atoms with E-state index in [0.29, 0.717) is 0 Å². The van der Waals surface area contributed by atoms with Crippen LogP contribution in [0.1, 0.15) is 19.8 Å². The van der Waals surface area contributed by atoms with Crippen molar-refractivity contribution in [2.75, 3.05) is 0 Å². The molecule has 14 heavy (non-hydrogen) atoms. The molecule has 0 amide bonds. The van der Waals surface area contributed by atoms with Crippen molar-refractivity contribution in [3.63, 3.8) is 0 Å². The first kappa shape index (κ1) is 12.4. The third-order valence-electron chi connectivity index (χ3n) is 1.21. The number of carbonyl (C=O) groups is 3. The van der Waals surface area contributed by atoms with Gasteiger partial charge in [-0.15, -0.1) is 0 Å². The molecule has 7 nitrogen and oxygen atoms in total. The fraction of sp³-hybridized carbons (Fsp3) is 0.571. The van der Waals surface area contributed by atoms with Crippen molar-refractivity contribution in [1.82, 2.24) is 0 Å². The number of hydrogen-bond acceptors (Lipinski definition) is 6. The number of rotatable bonds is 4. The number of nitrogens with two attached hydrogens (primary N) is 1. The number of aliphatic carboxylic acids is 1. The van der Waals surface area contributed by atoms with E-state index in [4.69, 9.17) is 10.8 Å². The molecule has 1 atom stereocenters. The lowest BCUT2D eigenvalue weighted by molar-refractivity contribution is -0.258. The summed E-state index contributed by atoms with van der Waals surface area (Å²) < 4.78 is 0. The van der Waals surface area contributed by atoms with Crippen molar-refractivity contribution >= 4 is 17.9 Å². The molecule has 0 aliphatic heterocycles. The Morgan fingerprint density at radius 1 is 1.36 bits per heavy atom. The van der Waals surface area contributed by atoms with Gasteiger partial charge in [-0.2, -0.15) is 0 Å². The van der Waals surface area contributed by atoms with Crippen molar-refractivity contribution in [2.45, 2.75) is 25.8 Å². The Labute approximate surface area is 79.7 Å². The minimum Gasteiger partial charge on any atom is -0.481 e. The number of carbonyl (C=O) groups excluding carboxylic acids is 2. The fourth-order valence-electron chi connectivity index (χ4n) is 0.558. The van der Waals surface area contributed by atoms with E-state index < -0.39 is 23.9 Å². The van der Waals surface area contributed by atoms with Gasteiger partial charge < -0.3 is 10.8 Å². The summed E-state index contributed by atoms with van der Waals surface area (Å²) in [5, 5.41) is 8.27. The van der Waals surface area contributed by atoms with Gasteiger partial charge >= 0.3 is 17.9 Å². The first-order chi connectivity index (χ1) is 6.43. The molecule has 0 saturated heterocycles. The quantitative estimate of drug-likeness (QED) is 0.455. The van der Waals surface area contributed by atoms with Gasteiger partial charge in [0.25, 0.3) is 0 Å². The molecule has 3 N–H and O–H groups in total. The van der Waals surface area contributed by atoms with Crippen LogP contribution >= 0.6 is 0 Å². The third kappa shape index (κ3) is 5.95. The molecule has 0 saturated carbocycles. The highest BCUT2D eigenvalue weighted by molar-refractivity contribution is 5.77. The van der Waals surface area contributed by atoms with Crippen LogP contribution in [0.25, 0.3) is 0 Å².